The summed E-state index contributed by atoms with van der Waals surface area (Å²) in [5.74, 6) is -0.562. The van der Waals surface area contributed by atoms with E-state index in [-0.39, 0.29) is 24.9 Å². The minimum atomic E-state index is -0.281. The standard InChI is InChI=1S/C12H14ClN3O2/c1-14-5-8-4-9(13)2-3-10(8)16-6-11(17)15-12(18)7-16/h2-4,14H,5-7H2,1H3,(H,15,17,18). The predicted octanol–water partition coefficient (Wildman–Crippen LogP) is 0.522. The molecule has 2 N–H and O–H groups in total. The van der Waals surface area contributed by atoms with Crippen LogP contribution in [0.3, 0.4) is 0 Å². The molecule has 0 bridgehead atoms. The van der Waals surface area contributed by atoms with Gasteiger partial charge in [-0.3, -0.25) is 14.9 Å². The maximum atomic E-state index is 11.4. The molecule has 0 saturated carbocycles. The Bertz CT molecular complexity index is 474. The van der Waals surface area contributed by atoms with Crippen LogP contribution in [0.25, 0.3) is 0 Å². The van der Waals surface area contributed by atoms with Crippen LogP contribution in [-0.2, 0) is 16.1 Å². The number of carbonyl (C=O) groups excluding carboxylic acids is 2. The second kappa shape index (κ2) is 5.37. The lowest BCUT2D eigenvalue weighted by molar-refractivity contribution is -0.130. The predicted molar refractivity (Wildman–Crippen MR) is 69.6 cm³/mol. The highest BCUT2D eigenvalue weighted by Crippen LogP contribution is 2.24. The van der Waals surface area contributed by atoms with Crippen LogP contribution >= 0.6 is 11.6 Å². The molecular weight excluding hydrogens is 254 g/mol. The second-order valence-corrected chi connectivity index (χ2v) is 4.57. The Morgan fingerprint density at radius 3 is 2.61 bits per heavy atom. The summed E-state index contributed by atoms with van der Waals surface area (Å²) in [5, 5.41) is 5.96. The maximum Gasteiger partial charge on any atom is 0.246 e. The van der Waals surface area contributed by atoms with E-state index >= 15 is 0 Å². The average Bonchev–Trinajstić information content (AvgIpc) is 2.28. The number of rotatable bonds is 3. The fraction of sp³-hybridized carbons (Fsp3) is 0.333. The minimum absolute atomic E-state index is 0.185. The zero-order valence-electron chi connectivity index (χ0n) is 10.00. The van der Waals surface area contributed by atoms with E-state index < -0.39 is 0 Å². The normalized spacial score (nSPS) is 15.8. The summed E-state index contributed by atoms with van der Waals surface area (Å²) in [5.41, 5.74) is 1.82. The van der Waals surface area contributed by atoms with Crippen LogP contribution in [0, 0.1) is 0 Å². The fourth-order valence-corrected chi connectivity index (χ4v) is 2.20. The van der Waals surface area contributed by atoms with Gasteiger partial charge in [0.1, 0.15) is 0 Å². The van der Waals surface area contributed by atoms with Crippen molar-refractivity contribution in [1.29, 1.82) is 0 Å². The molecule has 96 valence electrons. The number of benzene rings is 1. The molecule has 1 aromatic rings. The van der Waals surface area contributed by atoms with Gasteiger partial charge >= 0.3 is 0 Å². The van der Waals surface area contributed by atoms with E-state index in [0.29, 0.717) is 11.6 Å². The molecule has 1 aliphatic rings. The number of carbonyl (C=O) groups is 2. The first-order chi connectivity index (χ1) is 8.60. The van der Waals surface area contributed by atoms with Gasteiger partial charge in [-0.25, -0.2) is 0 Å². The van der Waals surface area contributed by atoms with Gasteiger partial charge < -0.3 is 10.2 Å². The number of halogens is 1. The molecule has 1 aromatic carbocycles. The lowest BCUT2D eigenvalue weighted by Gasteiger charge is -2.29. The molecule has 0 spiro atoms. The Labute approximate surface area is 110 Å². The van der Waals surface area contributed by atoms with Gasteiger partial charge in [0.15, 0.2) is 0 Å². The van der Waals surface area contributed by atoms with Crippen LogP contribution in [0.5, 0.6) is 0 Å². The molecule has 18 heavy (non-hydrogen) atoms. The van der Waals surface area contributed by atoms with Crippen molar-refractivity contribution in [2.75, 3.05) is 25.0 Å². The molecule has 1 fully saturated rings. The van der Waals surface area contributed by atoms with Gasteiger partial charge in [-0.15, -0.1) is 0 Å². The van der Waals surface area contributed by atoms with Gasteiger partial charge in [0.2, 0.25) is 11.8 Å². The van der Waals surface area contributed by atoms with Crippen molar-refractivity contribution in [2.45, 2.75) is 6.54 Å². The zero-order chi connectivity index (χ0) is 13.1. The lowest BCUT2D eigenvalue weighted by atomic mass is 10.1. The fourth-order valence-electron chi connectivity index (χ4n) is 2.00. The SMILES string of the molecule is CNCc1cc(Cl)ccc1N1CC(=O)NC(=O)C1. The van der Waals surface area contributed by atoms with Gasteiger partial charge in [0.05, 0.1) is 13.1 Å². The molecule has 2 rings (SSSR count). The highest BCUT2D eigenvalue weighted by Gasteiger charge is 2.24. The molecule has 5 nitrogen and oxygen atoms in total. The van der Waals surface area contributed by atoms with Crippen molar-refractivity contribution in [3.05, 3.63) is 28.8 Å². The van der Waals surface area contributed by atoms with Crippen LogP contribution in [0.15, 0.2) is 18.2 Å². The number of anilines is 1. The largest absolute Gasteiger partial charge is 0.353 e. The van der Waals surface area contributed by atoms with E-state index in [1.807, 2.05) is 19.2 Å². The first kappa shape index (κ1) is 12.9. The van der Waals surface area contributed by atoms with Crippen LogP contribution < -0.4 is 15.5 Å². The third kappa shape index (κ3) is 2.80. The molecule has 1 saturated heterocycles. The molecule has 6 heteroatoms. The molecule has 1 aliphatic heterocycles. The van der Waals surface area contributed by atoms with Crippen LogP contribution in [0.2, 0.25) is 5.02 Å². The number of imide groups is 1. The molecule has 0 radical (unpaired) electrons. The van der Waals surface area contributed by atoms with Crippen LogP contribution in [0.4, 0.5) is 5.69 Å². The van der Waals surface area contributed by atoms with Crippen molar-refractivity contribution in [3.8, 4) is 0 Å². The first-order valence-corrected chi connectivity index (χ1v) is 5.98. The monoisotopic (exact) mass is 267 g/mol. The van der Waals surface area contributed by atoms with Crippen molar-refractivity contribution in [2.24, 2.45) is 0 Å². The number of hydrogen-bond acceptors (Lipinski definition) is 4. The molecule has 0 unspecified atom stereocenters. The molecule has 0 aliphatic carbocycles. The summed E-state index contributed by atoms with van der Waals surface area (Å²) in [6.07, 6.45) is 0. The van der Waals surface area contributed by atoms with Gasteiger partial charge in [0, 0.05) is 17.3 Å². The van der Waals surface area contributed by atoms with E-state index in [1.54, 1.807) is 11.0 Å². The Hall–Kier alpha value is -1.59. The second-order valence-electron chi connectivity index (χ2n) is 4.13. The number of nitrogens with one attached hydrogen (secondary N) is 2. The zero-order valence-corrected chi connectivity index (χ0v) is 10.8. The summed E-state index contributed by atoms with van der Waals surface area (Å²) in [4.78, 5) is 24.5. The quantitative estimate of drug-likeness (QED) is 0.784. The van der Waals surface area contributed by atoms with Crippen molar-refractivity contribution in [3.63, 3.8) is 0 Å². The number of amides is 2. The van der Waals surface area contributed by atoms with Crippen molar-refractivity contribution in [1.82, 2.24) is 10.6 Å². The summed E-state index contributed by atoms with van der Waals surface area (Å²) >= 11 is 5.96. The molecular formula is C12H14ClN3O2. The third-order valence-electron chi connectivity index (χ3n) is 2.70. The van der Waals surface area contributed by atoms with Gasteiger partial charge in [-0.05, 0) is 30.8 Å². The third-order valence-corrected chi connectivity index (χ3v) is 2.93. The maximum absolute atomic E-state index is 11.4. The number of piperazine rings is 1. The molecule has 2 amide bonds. The van der Waals surface area contributed by atoms with Crippen LogP contribution in [0.1, 0.15) is 5.56 Å². The highest BCUT2D eigenvalue weighted by molar-refractivity contribution is 6.30. The van der Waals surface area contributed by atoms with E-state index in [2.05, 4.69) is 10.6 Å². The number of hydrogen-bond donors (Lipinski definition) is 2. The van der Waals surface area contributed by atoms with Crippen molar-refractivity contribution >= 4 is 29.1 Å². The molecule has 0 atom stereocenters. The topological polar surface area (TPSA) is 61.4 Å². The Morgan fingerprint density at radius 2 is 2.00 bits per heavy atom. The summed E-state index contributed by atoms with van der Waals surface area (Å²) in [6.45, 7) is 0.996. The van der Waals surface area contributed by atoms with E-state index in [4.69, 9.17) is 11.6 Å². The smallest absolute Gasteiger partial charge is 0.246 e. The van der Waals surface area contributed by atoms with Gasteiger partial charge in [-0.1, -0.05) is 11.6 Å². The van der Waals surface area contributed by atoms with Gasteiger partial charge in [0.25, 0.3) is 0 Å². The Kier molecular flexibility index (Phi) is 3.84. The highest BCUT2D eigenvalue weighted by atomic mass is 35.5. The Morgan fingerprint density at radius 1 is 1.33 bits per heavy atom. The summed E-state index contributed by atoms with van der Waals surface area (Å²) in [6, 6.07) is 5.43. The van der Waals surface area contributed by atoms with E-state index in [1.165, 1.54) is 0 Å². The number of nitrogens with zero attached hydrogens (tertiary/aromatic N) is 1. The summed E-state index contributed by atoms with van der Waals surface area (Å²) in [7, 11) is 1.83. The summed E-state index contributed by atoms with van der Waals surface area (Å²) < 4.78 is 0. The lowest BCUT2D eigenvalue weighted by Crippen LogP contribution is -2.51. The van der Waals surface area contributed by atoms with Crippen molar-refractivity contribution < 1.29 is 9.59 Å². The van der Waals surface area contributed by atoms with E-state index in [0.717, 1.165) is 11.3 Å². The molecule has 1 heterocycles. The Balaban J connectivity index is 2.31. The average molecular weight is 268 g/mol. The minimum Gasteiger partial charge on any atom is -0.353 e. The van der Waals surface area contributed by atoms with Crippen LogP contribution in [-0.4, -0.2) is 32.0 Å². The first-order valence-electron chi connectivity index (χ1n) is 5.61. The van der Waals surface area contributed by atoms with Gasteiger partial charge in [-0.2, -0.15) is 0 Å². The molecule has 0 aromatic heterocycles. The van der Waals surface area contributed by atoms with E-state index in [9.17, 15) is 9.59 Å².